The third-order valence-electron chi connectivity index (χ3n) is 3.09. The lowest BCUT2D eigenvalue weighted by Crippen LogP contribution is -2.08. The molecule has 0 saturated carbocycles. The van der Waals surface area contributed by atoms with Crippen molar-refractivity contribution >= 4 is 53.8 Å². The van der Waals surface area contributed by atoms with Gasteiger partial charge in [-0.25, -0.2) is 4.79 Å². The fraction of sp³-hybridized carbons (Fsp3) is 0. The highest BCUT2D eigenvalue weighted by atomic mass is 79.9. The molecule has 0 amide bonds. The summed E-state index contributed by atoms with van der Waals surface area (Å²) in [7, 11) is 0. The number of hydrogen-bond donors (Lipinski definition) is 0. The monoisotopic (exact) mass is 498 g/mol. The fourth-order valence-corrected chi connectivity index (χ4v) is 3.62. The minimum absolute atomic E-state index is 0.154. The standard InChI is InChI=1S/C17H9Br3O3/c18-12-5-3-10(4-6-12)11-8-13(19)16(14(20)9-11)23-17(21)15-2-1-7-22-15/h1-9H. The second kappa shape index (κ2) is 7.03. The molecule has 23 heavy (non-hydrogen) atoms. The lowest BCUT2D eigenvalue weighted by molar-refractivity contribution is 0.0699. The Morgan fingerprint density at radius 1 is 0.913 bits per heavy atom. The molecule has 0 spiro atoms. The number of benzene rings is 2. The van der Waals surface area contributed by atoms with Gasteiger partial charge in [0.1, 0.15) is 0 Å². The molecule has 1 heterocycles. The molecular weight excluding hydrogens is 492 g/mol. The molecule has 0 radical (unpaired) electrons. The van der Waals surface area contributed by atoms with Crippen LogP contribution in [0.15, 0.2) is 72.6 Å². The Morgan fingerprint density at radius 3 is 2.13 bits per heavy atom. The molecule has 2 aromatic carbocycles. The van der Waals surface area contributed by atoms with E-state index in [4.69, 9.17) is 9.15 Å². The molecule has 0 aliphatic rings. The molecule has 0 aliphatic carbocycles. The molecule has 0 unspecified atom stereocenters. The summed E-state index contributed by atoms with van der Waals surface area (Å²) in [6.07, 6.45) is 1.43. The first kappa shape index (κ1) is 16.5. The molecule has 0 saturated heterocycles. The van der Waals surface area contributed by atoms with E-state index in [0.717, 1.165) is 15.6 Å². The molecule has 3 aromatic rings. The highest BCUT2D eigenvalue weighted by Gasteiger charge is 2.17. The zero-order valence-corrected chi connectivity index (χ0v) is 16.3. The van der Waals surface area contributed by atoms with Gasteiger partial charge < -0.3 is 9.15 Å². The minimum atomic E-state index is -0.548. The van der Waals surface area contributed by atoms with Gasteiger partial charge in [-0.1, -0.05) is 28.1 Å². The number of carbonyl (C=O) groups excluding carboxylic acids is 1. The van der Waals surface area contributed by atoms with Gasteiger partial charge in [0.25, 0.3) is 0 Å². The van der Waals surface area contributed by atoms with Crippen LogP contribution in [0.1, 0.15) is 10.6 Å². The lowest BCUT2D eigenvalue weighted by Gasteiger charge is -2.10. The van der Waals surface area contributed by atoms with Crippen LogP contribution in [0.3, 0.4) is 0 Å². The molecule has 0 bridgehead atoms. The molecule has 116 valence electrons. The second-order valence-electron chi connectivity index (χ2n) is 4.64. The van der Waals surface area contributed by atoms with Gasteiger partial charge in [-0.05, 0) is 79.4 Å². The highest BCUT2D eigenvalue weighted by Crippen LogP contribution is 2.38. The molecule has 3 nitrogen and oxygen atoms in total. The van der Waals surface area contributed by atoms with E-state index >= 15 is 0 Å². The summed E-state index contributed by atoms with van der Waals surface area (Å²) in [5.74, 6) is 0.0147. The largest absolute Gasteiger partial charge is 0.457 e. The van der Waals surface area contributed by atoms with Crippen molar-refractivity contribution < 1.29 is 13.9 Å². The summed E-state index contributed by atoms with van der Waals surface area (Å²) >= 11 is 10.3. The van der Waals surface area contributed by atoms with Crippen LogP contribution in [-0.2, 0) is 0 Å². The van der Waals surface area contributed by atoms with Crippen molar-refractivity contribution in [2.45, 2.75) is 0 Å². The van der Waals surface area contributed by atoms with Crippen LogP contribution in [-0.4, -0.2) is 5.97 Å². The van der Waals surface area contributed by atoms with Gasteiger partial charge in [-0.15, -0.1) is 0 Å². The molecule has 0 fully saturated rings. The number of hydrogen-bond acceptors (Lipinski definition) is 3. The third kappa shape index (κ3) is 3.76. The average Bonchev–Trinajstić information content (AvgIpc) is 3.05. The van der Waals surface area contributed by atoms with E-state index in [2.05, 4.69) is 47.8 Å². The number of furan rings is 1. The number of rotatable bonds is 3. The van der Waals surface area contributed by atoms with Crippen LogP contribution in [0.4, 0.5) is 0 Å². The first-order valence-electron chi connectivity index (χ1n) is 6.55. The number of esters is 1. The predicted octanol–water partition coefficient (Wildman–Crippen LogP) is 6.45. The third-order valence-corrected chi connectivity index (χ3v) is 4.80. The number of ether oxygens (including phenoxy) is 1. The first-order chi connectivity index (χ1) is 11.0. The highest BCUT2D eigenvalue weighted by molar-refractivity contribution is 9.11. The van der Waals surface area contributed by atoms with Gasteiger partial charge in [0.2, 0.25) is 5.76 Å². The Balaban J connectivity index is 1.91. The zero-order valence-electron chi connectivity index (χ0n) is 11.6. The van der Waals surface area contributed by atoms with E-state index in [-0.39, 0.29) is 5.76 Å². The predicted molar refractivity (Wildman–Crippen MR) is 98.6 cm³/mol. The van der Waals surface area contributed by atoms with Crippen molar-refractivity contribution in [3.8, 4) is 16.9 Å². The van der Waals surface area contributed by atoms with Crippen molar-refractivity contribution in [3.05, 3.63) is 74.0 Å². The molecule has 0 N–H and O–H groups in total. The topological polar surface area (TPSA) is 39.4 Å². The SMILES string of the molecule is O=C(Oc1c(Br)cc(-c2ccc(Br)cc2)cc1Br)c1ccco1. The van der Waals surface area contributed by atoms with E-state index in [9.17, 15) is 4.79 Å². The number of carbonyl (C=O) groups is 1. The molecule has 3 rings (SSSR count). The molecule has 0 aliphatic heterocycles. The molecular formula is C17H9Br3O3. The van der Waals surface area contributed by atoms with E-state index in [0.29, 0.717) is 14.7 Å². The van der Waals surface area contributed by atoms with Crippen LogP contribution in [0.25, 0.3) is 11.1 Å². The average molecular weight is 501 g/mol. The summed E-state index contributed by atoms with van der Waals surface area (Å²) in [5, 5.41) is 0. The van der Waals surface area contributed by atoms with Gasteiger partial charge in [0.15, 0.2) is 5.75 Å². The Morgan fingerprint density at radius 2 is 1.57 bits per heavy atom. The van der Waals surface area contributed by atoms with Gasteiger partial charge in [-0.3, -0.25) is 0 Å². The Labute approximate surface area is 158 Å². The molecule has 6 heteroatoms. The van der Waals surface area contributed by atoms with E-state index < -0.39 is 5.97 Å². The van der Waals surface area contributed by atoms with E-state index in [1.54, 1.807) is 12.1 Å². The minimum Gasteiger partial charge on any atom is -0.457 e. The summed E-state index contributed by atoms with van der Waals surface area (Å²) in [6.45, 7) is 0. The summed E-state index contributed by atoms with van der Waals surface area (Å²) in [4.78, 5) is 12.0. The lowest BCUT2D eigenvalue weighted by atomic mass is 10.1. The van der Waals surface area contributed by atoms with Crippen LogP contribution >= 0.6 is 47.8 Å². The van der Waals surface area contributed by atoms with Crippen molar-refractivity contribution in [1.82, 2.24) is 0 Å². The van der Waals surface area contributed by atoms with Gasteiger partial charge >= 0.3 is 5.97 Å². The van der Waals surface area contributed by atoms with Crippen LogP contribution in [0.2, 0.25) is 0 Å². The van der Waals surface area contributed by atoms with Crippen molar-refractivity contribution in [3.63, 3.8) is 0 Å². The van der Waals surface area contributed by atoms with E-state index in [1.165, 1.54) is 6.26 Å². The first-order valence-corrected chi connectivity index (χ1v) is 8.93. The van der Waals surface area contributed by atoms with Gasteiger partial charge in [0.05, 0.1) is 15.2 Å². The zero-order chi connectivity index (χ0) is 16.4. The van der Waals surface area contributed by atoms with Crippen LogP contribution < -0.4 is 4.74 Å². The van der Waals surface area contributed by atoms with Crippen molar-refractivity contribution in [1.29, 1.82) is 0 Å². The van der Waals surface area contributed by atoms with Crippen LogP contribution in [0.5, 0.6) is 5.75 Å². The smallest absolute Gasteiger partial charge is 0.379 e. The fourth-order valence-electron chi connectivity index (χ4n) is 2.00. The second-order valence-corrected chi connectivity index (χ2v) is 7.27. The van der Waals surface area contributed by atoms with E-state index in [1.807, 2.05) is 36.4 Å². The number of halogens is 3. The van der Waals surface area contributed by atoms with Crippen LogP contribution in [0, 0.1) is 0 Å². The van der Waals surface area contributed by atoms with Crippen molar-refractivity contribution in [2.24, 2.45) is 0 Å². The summed E-state index contributed by atoms with van der Waals surface area (Å²) in [5.41, 5.74) is 2.05. The summed E-state index contributed by atoms with van der Waals surface area (Å²) < 4.78 is 12.8. The quantitative estimate of drug-likeness (QED) is 0.306. The van der Waals surface area contributed by atoms with Gasteiger partial charge in [-0.2, -0.15) is 0 Å². The Bertz CT molecular complexity index is 817. The maximum Gasteiger partial charge on any atom is 0.379 e. The molecule has 0 atom stereocenters. The normalized spacial score (nSPS) is 10.6. The van der Waals surface area contributed by atoms with Gasteiger partial charge in [0, 0.05) is 4.47 Å². The van der Waals surface area contributed by atoms with Crippen molar-refractivity contribution in [2.75, 3.05) is 0 Å². The Hall–Kier alpha value is -1.37. The maximum absolute atomic E-state index is 12.0. The maximum atomic E-state index is 12.0. The summed E-state index contributed by atoms with van der Waals surface area (Å²) in [6, 6.07) is 15.0. The Kier molecular flexibility index (Phi) is 5.04. The molecule has 1 aromatic heterocycles.